The van der Waals surface area contributed by atoms with Crippen molar-refractivity contribution in [3.8, 4) is 0 Å². The highest BCUT2D eigenvalue weighted by atomic mass is 35.5. The molecule has 0 amide bonds. The fourth-order valence-electron chi connectivity index (χ4n) is 0.453. The molecule has 0 N–H and O–H groups in total. The largest absolute Gasteiger partial charge is 0.122 e. The first-order chi connectivity index (χ1) is 3.55. The van der Waals surface area contributed by atoms with Crippen molar-refractivity contribution in [2.75, 3.05) is 0 Å². The minimum atomic E-state index is -0.00309. The molecule has 2 heteroatoms. The minimum absolute atomic E-state index is 0.00309. The van der Waals surface area contributed by atoms with Crippen LogP contribution < -0.4 is 0 Å². The average Bonchev–Trinajstić information content (AvgIpc) is 1.64. The SMILES string of the molecule is [CH2]C(C)C(Cl)C(C)Cl. The molecule has 0 aliphatic heterocycles. The number of halogens is 2. The van der Waals surface area contributed by atoms with Gasteiger partial charge in [0, 0.05) is 5.38 Å². The molecule has 0 aromatic rings. The molecule has 0 saturated carbocycles. The summed E-state index contributed by atoms with van der Waals surface area (Å²) in [6.45, 7) is 7.57. The van der Waals surface area contributed by atoms with Crippen molar-refractivity contribution in [3.05, 3.63) is 6.92 Å². The van der Waals surface area contributed by atoms with Crippen molar-refractivity contribution in [3.63, 3.8) is 0 Å². The Morgan fingerprint density at radius 2 is 1.62 bits per heavy atom. The van der Waals surface area contributed by atoms with Crippen LogP contribution in [0.5, 0.6) is 0 Å². The summed E-state index contributed by atoms with van der Waals surface area (Å²) >= 11 is 11.4. The highest BCUT2D eigenvalue weighted by Gasteiger charge is 2.14. The molecule has 0 aliphatic rings. The van der Waals surface area contributed by atoms with E-state index in [0.29, 0.717) is 0 Å². The highest BCUT2D eigenvalue weighted by molar-refractivity contribution is 6.29. The van der Waals surface area contributed by atoms with E-state index in [4.69, 9.17) is 23.2 Å². The molecule has 0 saturated heterocycles. The van der Waals surface area contributed by atoms with E-state index in [-0.39, 0.29) is 16.7 Å². The quantitative estimate of drug-likeness (QED) is 0.536. The normalized spacial score (nSPS) is 18.8. The third kappa shape index (κ3) is 2.78. The van der Waals surface area contributed by atoms with Gasteiger partial charge in [-0.1, -0.05) is 6.92 Å². The van der Waals surface area contributed by atoms with Crippen LogP contribution in [0.25, 0.3) is 0 Å². The Morgan fingerprint density at radius 3 is 1.62 bits per heavy atom. The Kier molecular flexibility index (Phi) is 3.84. The summed E-state index contributed by atoms with van der Waals surface area (Å²) in [5.41, 5.74) is 0. The molecular formula is C6H11Cl2. The minimum Gasteiger partial charge on any atom is -0.122 e. The maximum Gasteiger partial charge on any atom is 0.0522 e. The fraction of sp³-hybridized carbons (Fsp3) is 0.833. The van der Waals surface area contributed by atoms with Crippen molar-refractivity contribution in [1.29, 1.82) is 0 Å². The smallest absolute Gasteiger partial charge is 0.0522 e. The predicted octanol–water partition coefficient (Wildman–Crippen LogP) is 2.69. The van der Waals surface area contributed by atoms with Crippen LogP contribution in [0.3, 0.4) is 0 Å². The summed E-state index contributed by atoms with van der Waals surface area (Å²) in [6, 6.07) is 0. The molecule has 0 aromatic heterocycles. The molecule has 0 rings (SSSR count). The summed E-state index contributed by atoms with van der Waals surface area (Å²) in [6.07, 6.45) is 0. The van der Waals surface area contributed by atoms with Gasteiger partial charge in [0.15, 0.2) is 0 Å². The van der Waals surface area contributed by atoms with Gasteiger partial charge in [-0.3, -0.25) is 0 Å². The van der Waals surface area contributed by atoms with E-state index in [2.05, 4.69) is 6.92 Å². The standard InChI is InChI=1S/C6H11Cl2/c1-4(2)6(8)5(3)7/h4-6H,1H2,2-3H3. The van der Waals surface area contributed by atoms with Crippen molar-refractivity contribution >= 4 is 23.2 Å². The molecule has 8 heavy (non-hydrogen) atoms. The maximum absolute atomic E-state index is 5.76. The zero-order chi connectivity index (χ0) is 6.73. The molecular weight excluding hydrogens is 143 g/mol. The third-order valence-corrected chi connectivity index (χ3v) is 2.19. The second-order valence-corrected chi connectivity index (χ2v) is 3.29. The number of hydrogen-bond donors (Lipinski definition) is 0. The topological polar surface area (TPSA) is 0 Å². The fourth-order valence-corrected chi connectivity index (χ4v) is 0.701. The van der Waals surface area contributed by atoms with Crippen LogP contribution in [-0.2, 0) is 0 Å². The summed E-state index contributed by atoms with van der Waals surface area (Å²) in [7, 11) is 0. The summed E-state index contributed by atoms with van der Waals surface area (Å²) in [5.74, 6) is 0.226. The van der Waals surface area contributed by atoms with Crippen LogP contribution in [0, 0.1) is 12.8 Å². The van der Waals surface area contributed by atoms with Gasteiger partial charge in [0.1, 0.15) is 0 Å². The first-order valence-corrected chi connectivity index (χ1v) is 3.54. The molecule has 0 heterocycles. The summed E-state index contributed by atoms with van der Waals surface area (Å²) in [5, 5.41) is 0.0147. The molecule has 49 valence electrons. The van der Waals surface area contributed by atoms with E-state index in [1.54, 1.807) is 0 Å². The van der Waals surface area contributed by atoms with Gasteiger partial charge in [0.05, 0.1) is 5.38 Å². The lowest BCUT2D eigenvalue weighted by atomic mass is 10.1. The van der Waals surface area contributed by atoms with E-state index < -0.39 is 0 Å². The maximum atomic E-state index is 5.76. The second kappa shape index (κ2) is 3.58. The summed E-state index contributed by atoms with van der Waals surface area (Å²) < 4.78 is 0. The lowest BCUT2D eigenvalue weighted by molar-refractivity contribution is 0.646. The summed E-state index contributed by atoms with van der Waals surface area (Å²) in [4.78, 5) is 0. The van der Waals surface area contributed by atoms with Gasteiger partial charge in [-0.15, -0.1) is 23.2 Å². The first-order valence-electron chi connectivity index (χ1n) is 2.67. The lowest BCUT2D eigenvalue weighted by Gasteiger charge is -2.14. The second-order valence-electron chi connectivity index (χ2n) is 2.10. The number of hydrogen-bond acceptors (Lipinski definition) is 0. The van der Waals surface area contributed by atoms with E-state index in [1.165, 1.54) is 0 Å². The van der Waals surface area contributed by atoms with Crippen LogP contribution in [0.4, 0.5) is 0 Å². The molecule has 3 atom stereocenters. The van der Waals surface area contributed by atoms with Crippen molar-refractivity contribution in [2.24, 2.45) is 5.92 Å². The monoisotopic (exact) mass is 153 g/mol. The van der Waals surface area contributed by atoms with Crippen LogP contribution in [-0.4, -0.2) is 10.8 Å². The van der Waals surface area contributed by atoms with Gasteiger partial charge in [-0.05, 0) is 19.8 Å². The number of alkyl halides is 2. The average molecular weight is 154 g/mol. The predicted molar refractivity (Wildman–Crippen MR) is 39.5 cm³/mol. The van der Waals surface area contributed by atoms with E-state index in [0.717, 1.165) is 0 Å². The zero-order valence-corrected chi connectivity index (χ0v) is 6.71. The Balaban J connectivity index is 3.46. The van der Waals surface area contributed by atoms with E-state index in [1.807, 2.05) is 13.8 Å². The van der Waals surface area contributed by atoms with Gasteiger partial charge in [0.25, 0.3) is 0 Å². The molecule has 3 unspecified atom stereocenters. The van der Waals surface area contributed by atoms with Crippen molar-refractivity contribution < 1.29 is 0 Å². The van der Waals surface area contributed by atoms with Crippen LogP contribution in [0.1, 0.15) is 13.8 Å². The van der Waals surface area contributed by atoms with Crippen LogP contribution in [0.2, 0.25) is 0 Å². The molecule has 0 aliphatic carbocycles. The molecule has 0 fully saturated rings. The van der Waals surface area contributed by atoms with Crippen molar-refractivity contribution in [1.82, 2.24) is 0 Å². The molecule has 0 nitrogen and oxygen atoms in total. The molecule has 1 radical (unpaired) electrons. The third-order valence-electron chi connectivity index (χ3n) is 0.982. The van der Waals surface area contributed by atoms with Gasteiger partial charge >= 0.3 is 0 Å². The first kappa shape index (κ1) is 8.58. The zero-order valence-electron chi connectivity index (χ0n) is 5.20. The van der Waals surface area contributed by atoms with Crippen LogP contribution >= 0.6 is 23.2 Å². The highest BCUT2D eigenvalue weighted by Crippen LogP contribution is 2.16. The van der Waals surface area contributed by atoms with E-state index in [9.17, 15) is 0 Å². The molecule has 0 aromatic carbocycles. The van der Waals surface area contributed by atoms with Gasteiger partial charge in [-0.25, -0.2) is 0 Å². The van der Waals surface area contributed by atoms with E-state index >= 15 is 0 Å². The van der Waals surface area contributed by atoms with Crippen LogP contribution in [0.15, 0.2) is 0 Å². The Morgan fingerprint density at radius 1 is 1.25 bits per heavy atom. The Labute approximate surface area is 61.2 Å². The Bertz CT molecular complexity index is 51.5. The molecule has 0 bridgehead atoms. The molecule has 0 spiro atoms. The number of rotatable bonds is 2. The van der Waals surface area contributed by atoms with Gasteiger partial charge in [0.2, 0.25) is 0 Å². The Hall–Kier alpha value is 0.580. The van der Waals surface area contributed by atoms with Gasteiger partial charge < -0.3 is 0 Å². The van der Waals surface area contributed by atoms with Gasteiger partial charge in [-0.2, -0.15) is 0 Å². The lowest BCUT2D eigenvalue weighted by Crippen LogP contribution is -2.17. The van der Waals surface area contributed by atoms with Crippen molar-refractivity contribution in [2.45, 2.75) is 24.6 Å².